The molecule has 1 aliphatic rings. The normalized spacial score (nSPS) is 16.3. The molecular weight excluding hydrogens is 370 g/mol. The van der Waals surface area contributed by atoms with E-state index in [4.69, 9.17) is 4.74 Å². The van der Waals surface area contributed by atoms with Gasteiger partial charge in [0.1, 0.15) is 5.76 Å². The molecule has 0 spiro atoms. The number of nitro benzene ring substituents is 1. The Bertz CT molecular complexity index is 1060. The van der Waals surface area contributed by atoms with Crippen LogP contribution in [0.25, 0.3) is 11.3 Å². The fourth-order valence-corrected chi connectivity index (χ4v) is 3.46. The zero-order valence-electron chi connectivity index (χ0n) is 14.9. The molecule has 0 fully saturated rings. The van der Waals surface area contributed by atoms with Crippen molar-refractivity contribution in [2.75, 3.05) is 6.26 Å². The van der Waals surface area contributed by atoms with E-state index in [2.05, 4.69) is 0 Å². The van der Waals surface area contributed by atoms with Crippen LogP contribution in [0.5, 0.6) is 0 Å². The molecule has 0 bridgehead atoms. The van der Waals surface area contributed by atoms with Gasteiger partial charge in [0.2, 0.25) is 5.78 Å². The quantitative estimate of drug-likeness (QED) is 0.589. The first kappa shape index (κ1) is 18.8. The lowest BCUT2D eigenvalue weighted by molar-refractivity contribution is -0.384. The van der Waals surface area contributed by atoms with Gasteiger partial charge in [-0.25, -0.2) is 8.42 Å². The SMILES string of the molecule is CC1(C)OC(c2ccc(S(C)(=O)=O)cc2)=C(c2ccc([N+](=O)[O-])cc2)C1=O. The van der Waals surface area contributed by atoms with Gasteiger partial charge in [0.05, 0.1) is 15.4 Å². The fraction of sp³-hybridized carbons (Fsp3) is 0.211. The summed E-state index contributed by atoms with van der Waals surface area (Å²) in [6.07, 6.45) is 1.11. The monoisotopic (exact) mass is 387 g/mol. The molecule has 8 heteroatoms. The first-order valence-electron chi connectivity index (χ1n) is 8.04. The maximum absolute atomic E-state index is 12.8. The van der Waals surface area contributed by atoms with Crippen LogP contribution in [0.4, 0.5) is 5.69 Å². The largest absolute Gasteiger partial charge is 0.478 e. The molecule has 0 aromatic heterocycles. The summed E-state index contributed by atoms with van der Waals surface area (Å²) >= 11 is 0. The lowest BCUT2D eigenvalue weighted by atomic mass is 9.92. The van der Waals surface area contributed by atoms with E-state index in [1.54, 1.807) is 26.0 Å². The smallest absolute Gasteiger partial charge is 0.269 e. The summed E-state index contributed by atoms with van der Waals surface area (Å²) in [5.74, 6) is 0.0671. The van der Waals surface area contributed by atoms with Crippen molar-refractivity contribution in [1.82, 2.24) is 0 Å². The summed E-state index contributed by atoms with van der Waals surface area (Å²) in [5.41, 5.74) is 0.182. The number of rotatable bonds is 4. The molecule has 3 rings (SSSR count). The van der Waals surface area contributed by atoms with Gasteiger partial charge in [0.15, 0.2) is 15.4 Å². The highest BCUT2D eigenvalue weighted by Crippen LogP contribution is 2.41. The van der Waals surface area contributed by atoms with Gasteiger partial charge in [-0.15, -0.1) is 0 Å². The Kier molecular flexibility index (Phi) is 4.39. The van der Waals surface area contributed by atoms with E-state index in [1.807, 2.05) is 0 Å². The molecule has 27 heavy (non-hydrogen) atoms. The Morgan fingerprint density at radius 2 is 1.48 bits per heavy atom. The van der Waals surface area contributed by atoms with Crippen LogP contribution >= 0.6 is 0 Å². The van der Waals surface area contributed by atoms with Crippen molar-refractivity contribution in [1.29, 1.82) is 0 Å². The summed E-state index contributed by atoms with van der Waals surface area (Å²) < 4.78 is 29.1. The second kappa shape index (κ2) is 6.31. The van der Waals surface area contributed by atoms with Crippen LogP contribution in [0.15, 0.2) is 53.4 Å². The summed E-state index contributed by atoms with van der Waals surface area (Å²) in [7, 11) is -3.34. The highest BCUT2D eigenvalue weighted by molar-refractivity contribution is 7.90. The van der Waals surface area contributed by atoms with Crippen LogP contribution < -0.4 is 0 Å². The Morgan fingerprint density at radius 1 is 0.963 bits per heavy atom. The first-order valence-corrected chi connectivity index (χ1v) is 9.93. The first-order chi connectivity index (χ1) is 12.5. The number of nitrogens with zero attached hydrogens (tertiary/aromatic N) is 1. The van der Waals surface area contributed by atoms with Gasteiger partial charge < -0.3 is 4.74 Å². The molecule has 0 N–H and O–H groups in total. The van der Waals surface area contributed by atoms with E-state index in [0.717, 1.165) is 6.26 Å². The average molecular weight is 387 g/mol. The van der Waals surface area contributed by atoms with Crippen molar-refractivity contribution in [3.63, 3.8) is 0 Å². The molecule has 1 heterocycles. The standard InChI is InChI=1S/C19H17NO6S/c1-19(2)18(21)16(12-4-8-14(9-5-12)20(22)23)17(26-19)13-6-10-15(11-7-13)27(3,24)25/h4-11H,1-3H3. The summed E-state index contributed by atoms with van der Waals surface area (Å²) in [6.45, 7) is 3.27. The molecule has 0 radical (unpaired) electrons. The number of nitro groups is 1. The van der Waals surface area contributed by atoms with Gasteiger partial charge >= 0.3 is 0 Å². The lowest BCUT2D eigenvalue weighted by Gasteiger charge is -2.17. The molecule has 7 nitrogen and oxygen atoms in total. The minimum absolute atomic E-state index is 0.0796. The van der Waals surface area contributed by atoms with E-state index in [9.17, 15) is 23.3 Å². The van der Waals surface area contributed by atoms with Crippen molar-refractivity contribution in [3.05, 3.63) is 69.8 Å². The zero-order valence-corrected chi connectivity index (χ0v) is 15.7. The third kappa shape index (κ3) is 3.48. The van der Waals surface area contributed by atoms with Crippen molar-refractivity contribution >= 4 is 32.6 Å². The highest BCUT2D eigenvalue weighted by atomic mass is 32.2. The van der Waals surface area contributed by atoms with Crippen LogP contribution in [0.3, 0.4) is 0 Å². The molecule has 0 saturated carbocycles. The van der Waals surface area contributed by atoms with Crippen LogP contribution in [-0.4, -0.2) is 31.0 Å². The number of carbonyl (C=O) groups excluding carboxylic acids is 1. The van der Waals surface area contributed by atoms with E-state index in [0.29, 0.717) is 22.5 Å². The van der Waals surface area contributed by atoms with Gasteiger partial charge in [-0.3, -0.25) is 14.9 Å². The van der Waals surface area contributed by atoms with E-state index < -0.39 is 20.4 Å². The number of ketones is 1. The lowest BCUT2D eigenvalue weighted by Crippen LogP contribution is -2.29. The van der Waals surface area contributed by atoms with Gasteiger partial charge in [0.25, 0.3) is 5.69 Å². The highest BCUT2D eigenvalue weighted by Gasteiger charge is 2.42. The molecule has 0 saturated heterocycles. The Balaban J connectivity index is 2.13. The van der Waals surface area contributed by atoms with Crippen LogP contribution in [-0.2, 0) is 19.4 Å². The molecule has 0 unspecified atom stereocenters. The number of hydrogen-bond donors (Lipinski definition) is 0. The van der Waals surface area contributed by atoms with E-state index >= 15 is 0 Å². The Morgan fingerprint density at radius 3 is 1.96 bits per heavy atom. The summed E-state index contributed by atoms with van der Waals surface area (Å²) in [4.78, 5) is 23.3. The molecular formula is C19H17NO6S. The molecule has 140 valence electrons. The number of hydrogen-bond acceptors (Lipinski definition) is 6. The number of non-ortho nitro benzene ring substituents is 1. The second-order valence-corrected chi connectivity index (χ2v) is 8.76. The molecule has 1 aliphatic heterocycles. The minimum atomic E-state index is -3.34. The van der Waals surface area contributed by atoms with Crippen molar-refractivity contribution < 1.29 is 22.9 Å². The van der Waals surface area contributed by atoms with Gasteiger partial charge in [-0.1, -0.05) is 0 Å². The van der Waals surface area contributed by atoms with Gasteiger partial charge in [-0.2, -0.15) is 0 Å². The number of Topliss-reactive ketones (excluding diaryl/α,β-unsaturated/α-hetero) is 1. The van der Waals surface area contributed by atoms with Crippen molar-refractivity contribution in [3.8, 4) is 0 Å². The Labute approximate surface area is 156 Å². The molecule has 2 aromatic rings. The topological polar surface area (TPSA) is 104 Å². The fourth-order valence-electron chi connectivity index (χ4n) is 2.83. The minimum Gasteiger partial charge on any atom is -0.478 e. The average Bonchev–Trinajstić information content (AvgIpc) is 2.84. The van der Waals surface area contributed by atoms with Crippen LogP contribution in [0.2, 0.25) is 0 Å². The predicted molar refractivity (Wildman–Crippen MR) is 99.6 cm³/mol. The number of carbonyl (C=O) groups is 1. The third-order valence-electron chi connectivity index (χ3n) is 4.27. The molecule has 0 amide bonds. The zero-order chi connectivity index (χ0) is 20.0. The second-order valence-electron chi connectivity index (χ2n) is 6.75. The maximum atomic E-state index is 12.8. The summed E-state index contributed by atoms with van der Waals surface area (Å²) in [6, 6.07) is 11.7. The van der Waals surface area contributed by atoms with Gasteiger partial charge in [0, 0.05) is 24.0 Å². The van der Waals surface area contributed by atoms with Crippen LogP contribution in [0.1, 0.15) is 25.0 Å². The van der Waals surface area contributed by atoms with Gasteiger partial charge in [-0.05, 0) is 55.8 Å². The van der Waals surface area contributed by atoms with E-state index in [1.165, 1.54) is 36.4 Å². The molecule has 0 aliphatic carbocycles. The van der Waals surface area contributed by atoms with E-state index in [-0.39, 0.29) is 16.4 Å². The number of benzene rings is 2. The predicted octanol–water partition coefficient (Wildman–Crippen LogP) is 3.24. The summed E-state index contributed by atoms with van der Waals surface area (Å²) in [5, 5.41) is 10.9. The van der Waals surface area contributed by atoms with Crippen molar-refractivity contribution in [2.45, 2.75) is 24.3 Å². The third-order valence-corrected chi connectivity index (χ3v) is 5.40. The molecule has 0 atom stereocenters. The number of ether oxygens (including phenoxy) is 1. The maximum Gasteiger partial charge on any atom is 0.269 e. The molecule has 2 aromatic carbocycles. The number of sulfone groups is 1. The Hall–Kier alpha value is -3.00. The van der Waals surface area contributed by atoms with Crippen LogP contribution in [0, 0.1) is 10.1 Å². The van der Waals surface area contributed by atoms with Crippen molar-refractivity contribution in [2.24, 2.45) is 0 Å².